The SMILES string of the molecule is CCOc1cccc(CCCNC)c1. The number of rotatable bonds is 6. The Morgan fingerprint density at radius 3 is 2.93 bits per heavy atom. The minimum atomic E-state index is 0.736. The number of aryl methyl sites for hydroxylation is 1. The van der Waals surface area contributed by atoms with Gasteiger partial charge in [0.15, 0.2) is 0 Å². The van der Waals surface area contributed by atoms with Gasteiger partial charge < -0.3 is 10.1 Å². The number of nitrogens with one attached hydrogen (secondary N) is 1. The molecule has 2 heteroatoms. The lowest BCUT2D eigenvalue weighted by Gasteiger charge is -2.05. The van der Waals surface area contributed by atoms with Gasteiger partial charge in [-0.3, -0.25) is 0 Å². The van der Waals surface area contributed by atoms with Crippen molar-refractivity contribution in [1.29, 1.82) is 0 Å². The number of benzene rings is 1. The van der Waals surface area contributed by atoms with E-state index in [9.17, 15) is 0 Å². The number of ether oxygens (including phenoxy) is 1. The molecule has 0 amide bonds. The van der Waals surface area contributed by atoms with E-state index in [0.717, 1.165) is 25.3 Å². The van der Waals surface area contributed by atoms with Gasteiger partial charge in [-0.25, -0.2) is 0 Å². The first-order chi connectivity index (χ1) is 6.86. The predicted octanol–water partition coefficient (Wildman–Crippen LogP) is 2.24. The topological polar surface area (TPSA) is 21.3 Å². The van der Waals surface area contributed by atoms with E-state index >= 15 is 0 Å². The van der Waals surface area contributed by atoms with E-state index in [2.05, 4.69) is 23.5 Å². The Morgan fingerprint density at radius 2 is 2.21 bits per heavy atom. The molecule has 0 bridgehead atoms. The van der Waals surface area contributed by atoms with Crippen LogP contribution in [0, 0.1) is 0 Å². The Balaban J connectivity index is 2.46. The summed E-state index contributed by atoms with van der Waals surface area (Å²) in [5, 5.41) is 3.15. The second-order valence-electron chi connectivity index (χ2n) is 3.29. The minimum absolute atomic E-state index is 0.736. The van der Waals surface area contributed by atoms with Crippen LogP contribution in [0.2, 0.25) is 0 Å². The second-order valence-corrected chi connectivity index (χ2v) is 3.29. The van der Waals surface area contributed by atoms with Crippen LogP contribution < -0.4 is 10.1 Å². The molecular weight excluding hydrogens is 174 g/mol. The molecule has 14 heavy (non-hydrogen) atoms. The van der Waals surface area contributed by atoms with Gasteiger partial charge in [-0.15, -0.1) is 0 Å². The van der Waals surface area contributed by atoms with Crippen LogP contribution in [0.1, 0.15) is 18.9 Å². The zero-order valence-corrected chi connectivity index (χ0v) is 9.05. The summed E-state index contributed by atoms with van der Waals surface area (Å²) < 4.78 is 5.44. The molecule has 0 saturated carbocycles. The van der Waals surface area contributed by atoms with Crippen molar-refractivity contribution >= 4 is 0 Å². The van der Waals surface area contributed by atoms with Gasteiger partial charge in [-0.2, -0.15) is 0 Å². The first-order valence-corrected chi connectivity index (χ1v) is 5.23. The molecule has 0 unspecified atom stereocenters. The van der Waals surface area contributed by atoms with Crippen LogP contribution in [0.15, 0.2) is 24.3 Å². The summed E-state index contributed by atoms with van der Waals surface area (Å²) in [7, 11) is 1.98. The molecule has 0 atom stereocenters. The molecule has 0 fully saturated rings. The molecule has 0 saturated heterocycles. The number of hydrogen-bond donors (Lipinski definition) is 1. The monoisotopic (exact) mass is 193 g/mol. The highest BCUT2D eigenvalue weighted by Crippen LogP contribution is 2.14. The molecule has 0 spiro atoms. The molecule has 0 heterocycles. The van der Waals surface area contributed by atoms with Gasteiger partial charge in [-0.1, -0.05) is 12.1 Å². The maximum atomic E-state index is 5.44. The van der Waals surface area contributed by atoms with E-state index in [4.69, 9.17) is 4.74 Å². The molecule has 0 aliphatic heterocycles. The fourth-order valence-electron chi connectivity index (χ4n) is 1.43. The summed E-state index contributed by atoms with van der Waals surface area (Å²) >= 11 is 0. The summed E-state index contributed by atoms with van der Waals surface area (Å²) in [5.74, 6) is 0.981. The normalized spacial score (nSPS) is 10.1. The molecule has 1 rings (SSSR count). The Kier molecular flexibility index (Phi) is 5.08. The lowest BCUT2D eigenvalue weighted by atomic mass is 10.1. The third-order valence-corrected chi connectivity index (χ3v) is 2.10. The van der Waals surface area contributed by atoms with E-state index in [1.54, 1.807) is 0 Å². The van der Waals surface area contributed by atoms with Gasteiger partial charge in [0.05, 0.1) is 6.61 Å². The van der Waals surface area contributed by atoms with Crippen LogP contribution in [0.5, 0.6) is 5.75 Å². The summed E-state index contributed by atoms with van der Waals surface area (Å²) in [6.07, 6.45) is 2.29. The lowest BCUT2D eigenvalue weighted by Crippen LogP contribution is -2.08. The maximum Gasteiger partial charge on any atom is 0.119 e. The highest BCUT2D eigenvalue weighted by Gasteiger charge is 1.95. The first-order valence-electron chi connectivity index (χ1n) is 5.23. The van der Waals surface area contributed by atoms with Gasteiger partial charge in [0.2, 0.25) is 0 Å². The zero-order valence-electron chi connectivity index (χ0n) is 9.05. The second kappa shape index (κ2) is 6.44. The van der Waals surface area contributed by atoms with Crippen molar-refractivity contribution < 1.29 is 4.74 Å². The highest BCUT2D eigenvalue weighted by molar-refractivity contribution is 5.28. The summed E-state index contributed by atoms with van der Waals surface area (Å²) in [6.45, 7) is 3.81. The Bertz CT molecular complexity index is 260. The molecule has 0 aromatic heterocycles. The molecule has 1 N–H and O–H groups in total. The van der Waals surface area contributed by atoms with Crippen molar-refractivity contribution in [2.24, 2.45) is 0 Å². The Hall–Kier alpha value is -1.02. The maximum absolute atomic E-state index is 5.44. The summed E-state index contributed by atoms with van der Waals surface area (Å²) in [6, 6.07) is 8.34. The Morgan fingerprint density at radius 1 is 1.36 bits per heavy atom. The van der Waals surface area contributed by atoms with Crippen LogP contribution in [0.4, 0.5) is 0 Å². The van der Waals surface area contributed by atoms with E-state index in [0.29, 0.717) is 0 Å². The molecule has 2 nitrogen and oxygen atoms in total. The van der Waals surface area contributed by atoms with Gasteiger partial charge in [-0.05, 0) is 51.1 Å². The van der Waals surface area contributed by atoms with Crippen molar-refractivity contribution in [3.8, 4) is 5.75 Å². The molecule has 1 aromatic carbocycles. The zero-order chi connectivity index (χ0) is 10.2. The van der Waals surface area contributed by atoms with Gasteiger partial charge in [0.25, 0.3) is 0 Å². The van der Waals surface area contributed by atoms with Crippen molar-refractivity contribution in [3.05, 3.63) is 29.8 Å². The molecular formula is C12H19NO. The lowest BCUT2D eigenvalue weighted by molar-refractivity contribution is 0.340. The summed E-state index contributed by atoms with van der Waals surface area (Å²) in [5.41, 5.74) is 1.35. The fourth-order valence-corrected chi connectivity index (χ4v) is 1.43. The van der Waals surface area contributed by atoms with E-state index in [1.165, 1.54) is 12.0 Å². The van der Waals surface area contributed by atoms with Gasteiger partial charge in [0, 0.05) is 0 Å². The van der Waals surface area contributed by atoms with Crippen LogP contribution in [0.3, 0.4) is 0 Å². The van der Waals surface area contributed by atoms with Crippen LogP contribution >= 0.6 is 0 Å². The van der Waals surface area contributed by atoms with Crippen LogP contribution in [-0.2, 0) is 6.42 Å². The smallest absolute Gasteiger partial charge is 0.119 e. The first kappa shape index (κ1) is 11.1. The molecule has 1 aromatic rings. The van der Waals surface area contributed by atoms with Crippen molar-refractivity contribution in [2.45, 2.75) is 19.8 Å². The predicted molar refractivity (Wildman–Crippen MR) is 59.9 cm³/mol. The fraction of sp³-hybridized carbons (Fsp3) is 0.500. The third kappa shape index (κ3) is 3.79. The third-order valence-electron chi connectivity index (χ3n) is 2.10. The Labute approximate surface area is 86.3 Å². The van der Waals surface area contributed by atoms with Crippen molar-refractivity contribution in [1.82, 2.24) is 5.32 Å². The van der Waals surface area contributed by atoms with Crippen LogP contribution in [0.25, 0.3) is 0 Å². The van der Waals surface area contributed by atoms with E-state index in [1.807, 2.05) is 20.0 Å². The van der Waals surface area contributed by atoms with Gasteiger partial charge >= 0.3 is 0 Å². The summed E-state index contributed by atoms with van der Waals surface area (Å²) in [4.78, 5) is 0. The number of hydrogen-bond acceptors (Lipinski definition) is 2. The van der Waals surface area contributed by atoms with Crippen LogP contribution in [-0.4, -0.2) is 20.2 Å². The quantitative estimate of drug-likeness (QED) is 0.700. The molecule has 0 aliphatic carbocycles. The van der Waals surface area contributed by atoms with E-state index < -0.39 is 0 Å². The minimum Gasteiger partial charge on any atom is -0.494 e. The molecule has 78 valence electrons. The molecule has 0 aliphatic rings. The molecule has 0 radical (unpaired) electrons. The van der Waals surface area contributed by atoms with Gasteiger partial charge in [0.1, 0.15) is 5.75 Å². The van der Waals surface area contributed by atoms with Crippen molar-refractivity contribution in [2.75, 3.05) is 20.2 Å². The largest absolute Gasteiger partial charge is 0.494 e. The standard InChI is InChI=1S/C12H19NO/c1-3-14-12-8-4-6-11(10-12)7-5-9-13-2/h4,6,8,10,13H,3,5,7,9H2,1-2H3. The van der Waals surface area contributed by atoms with E-state index in [-0.39, 0.29) is 0 Å². The average molecular weight is 193 g/mol. The van der Waals surface area contributed by atoms with Crippen molar-refractivity contribution in [3.63, 3.8) is 0 Å². The highest BCUT2D eigenvalue weighted by atomic mass is 16.5. The average Bonchev–Trinajstić information content (AvgIpc) is 2.19.